The maximum absolute atomic E-state index is 12.1. The van der Waals surface area contributed by atoms with Crippen molar-refractivity contribution in [2.45, 2.75) is 39.3 Å². The lowest BCUT2D eigenvalue weighted by molar-refractivity contribution is 0.253. The van der Waals surface area contributed by atoms with Crippen molar-refractivity contribution in [2.75, 3.05) is 13.1 Å². The van der Waals surface area contributed by atoms with Crippen LogP contribution in [-0.4, -0.2) is 38.6 Å². The molecule has 6 nitrogen and oxygen atoms in total. The molecule has 0 amide bonds. The van der Waals surface area contributed by atoms with E-state index in [-0.39, 0.29) is 5.56 Å². The zero-order valence-corrected chi connectivity index (χ0v) is 13.3. The molecule has 2 aromatic heterocycles. The molecule has 0 radical (unpaired) electrons. The minimum Gasteiger partial charge on any atom is -0.330 e. The lowest BCUT2D eigenvalue weighted by atomic mass is 10.1. The second kappa shape index (κ2) is 5.82. The number of fused-ring (bicyclic) bond motifs is 1. The molecule has 0 aromatic carbocycles. The van der Waals surface area contributed by atoms with Crippen LogP contribution in [0, 0.1) is 5.92 Å². The van der Waals surface area contributed by atoms with E-state index in [4.69, 9.17) is 5.73 Å². The topological polar surface area (TPSA) is 76.5 Å². The summed E-state index contributed by atoms with van der Waals surface area (Å²) in [7, 11) is 0. The molecule has 2 unspecified atom stereocenters. The van der Waals surface area contributed by atoms with Gasteiger partial charge in [0, 0.05) is 25.2 Å². The largest absolute Gasteiger partial charge is 0.330 e. The van der Waals surface area contributed by atoms with E-state index < -0.39 is 0 Å². The summed E-state index contributed by atoms with van der Waals surface area (Å²) in [6.07, 6.45) is 1.95. The van der Waals surface area contributed by atoms with Gasteiger partial charge in [-0.3, -0.25) is 9.69 Å². The number of aryl methyl sites for hydroxylation is 1. The first-order chi connectivity index (χ1) is 10.1. The summed E-state index contributed by atoms with van der Waals surface area (Å²) in [5.41, 5.74) is 6.51. The quantitative estimate of drug-likeness (QED) is 0.907. The van der Waals surface area contributed by atoms with Crippen molar-refractivity contribution in [3.8, 4) is 0 Å². The molecule has 2 N–H and O–H groups in total. The first kappa shape index (κ1) is 14.6. The van der Waals surface area contributed by atoms with E-state index in [2.05, 4.69) is 21.9 Å². The predicted octanol–water partition coefficient (Wildman–Crippen LogP) is 0.882. The van der Waals surface area contributed by atoms with Gasteiger partial charge in [0.2, 0.25) is 4.96 Å². The number of nitrogens with zero attached hydrogens (tertiary/aromatic N) is 4. The van der Waals surface area contributed by atoms with Gasteiger partial charge in [0.1, 0.15) is 5.01 Å². The SMILES string of the molecule is CCc1nn2c(=O)cc(CN3CC(CN)CC3C)nc2s1. The van der Waals surface area contributed by atoms with Crippen LogP contribution in [0.1, 0.15) is 31.0 Å². The molecule has 1 aliphatic rings. The smallest absolute Gasteiger partial charge is 0.275 e. The second-order valence-corrected chi connectivity index (χ2v) is 6.79. The summed E-state index contributed by atoms with van der Waals surface area (Å²) in [5.74, 6) is 0.555. The zero-order valence-electron chi connectivity index (χ0n) is 12.5. The third-order valence-electron chi connectivity index (χ3n) is 4.13. The molecule has 0 bridgehead atoms. The van der Waals surface area contributed by atoms with Crippen molar-refractivity contribution in [3.63, 3.8) is 0 Å². The maximum Gasteiger partial charge on any atom is 0.275 e. The predicted molar refractivity (Wildman–Crippen MR) is 83.5 cm³/mol. The highest BCUT2D eigenvalue weighted by Gasteiger charge is 2.28. The fourth-order valence-corrected chi connectivity index (χ4v) is 3.79. The van der Waals surface area contributed by atoms with E-state index in [9.17, 15) is 4.79 Å². The van der Waals surface area contributed by atoms with Gasteiger partial charge in [0.15, 0.2) is 0 Å². The highest BCUT2D eigenvalue weighted by atomic mass is 32.1. The highest BCUT2D eigenvalue weighted by Crippen LogP contribution is 2.23. The average Bonchev–Trinajstić information content (AvgIpc) is 3.03. The number of likely N-dealkylation sites (tertiary alicyclic amines) is 1. The Bertz CT molecular complexity index is 694. The highest BCUT2D eigenvalue weighted by molar-refractivity contribution is 7.16. The van der Waals surface area contributed by atoms with Gasteiger partial charge in [-0.1, -0.05) is 18.3 Å². The number of rotatable bonds is 4. The van der Waals surface area contributed by atoms with Crippen molar-refractivity contribution < 1.29 is 0 Å². The Kier molecular flexibility index (Phi) is 4.05. The summed E-state index contributed by atoms with van der Waals surface area (Å²) in [5, 5.41) is 5.21. The van der Waals surface area contributed by atoms with Gasteiger partial charge in [0.05, 0.1) is 5.69 Å². The molecule has 3 rings (SSSR count). The van der Waals surface area contributed by atoms with Crippen LogP contribution >= 0.6 is 11.3 Å². The summed E-state index contributed by atoms with van der Waals surface area (Å²) in [4.78, 5) is 19.8. The van der Waals surface area contributed by atoms with E-state index >= 15 is 0 Å². The summed E-state index contributed by atoms with van der Waals surface area (Å²) in [6, 6.07) is 2.10. The first-order valence-corrected chi connectivity index (χ1v) is 8.25. The maximum atomic E-state index is 12.1. The van der Waals surface area contributed by atoms with Crippen LogP contribution < -0.4 is 11.3 Å². The molecule has 2 atom stereocenters. The van der Waals surface area contributed by atoms with Gasteiger partial charge in [-0.2, -0.15) is 9.61 Å². The number of nitrogens with two attached hydrogens (primary N) is 1. The first-order valence-electron chi connectivity index (χ1n) is 7.43. The molecule has 1 saturated heterocycles. The minimum atomic E-state index is -0.0897. The number of aromatic nitrogens is 3. The van der Waals surface area contributed by atoms with Crippen molar-refractivity contribution in [3.05, 3.63) is 27.1 Å². The Morgan fingerprint density at radius 3 is 3.00 bits per heavy atom. The van der Waals surface area contributed by atoms with Crippen molar-refractivity contribution in [2.24, 2.45) is 11.7 Å². The monoisotopic (exact) mass is 307 g/mol. The third-order valence-corrected chi connectivity index (χ3v) is 5.18. The standard InChI is InChI=1S/C14H21N5OS/c1-3-12-17-19-13(20)5-11(16-14(19)21-12)8-18-7-10(6-15)4-9(18)2/h5,9-10H,3-4,6-8,15H2,1-2H3. The van der Waals surface area contributed by atoms with E-state index in [1.165, 1.54) is 15.9 Å². The fourth-order valence-electron chi connectivity index (χ4n) is 2.94. The van der Waals surface area contributed by atoms with Gasteiger partial charge < -0.3 is 5.73 Å². The normalized spacial score (nSPS) is 23.2. The molecule has 0 saturated carbocycles. The Balaban J connectivity index is 1.86. The lowest BCUT2D eigenvalue weighted by Gasteiger charge is -2.20. The average molecular weight is 307 g/mol. The van der Waals surface area contributed by atoms with Crippen LogP contribution in [0.5, 0.6) is 0 Å². The minimum absolute atomic E-state index is 0.0897. The van der Waals surface area contributed by atoms with Crippen LogP contribution in [0.25, 0.3) is 4.96 Å². The molecular formula is C14H21N5OS. The summed E-state index contributed by atoms with van der Waals surface area (Å²) < 4.78 is 1.41. The second-order valence-electron chi connectivity index (χ2n) is 5.75. The van der Waals surface area contributed by atoms with Crippen LogP contribution in [0.15, 0.2) is 10.9 Å². The Hall–Kier alpha value is -1.31. The molecule has 114 valence electrons. The Morgan fingerprint density at radius 2 is 2.33 bits per heavy atom. The van der Waals surface area contributed by atoms with Crippen LogP contribution in [0.2, 0.25) is 0 Å². The van der Waals surface area contributed by atoms with E-state index in [1.807, 2.05) is 6.92 Å². The van der Waals surface area contributed by atoms with E-state index in [0.29, 0.717) is 23.5 Å². The van der Waals surface area contributed by atoms with E-state index in [1.54, 1.807) is 6.07 Å². The molecule has 0 aliphatic carbocycles. The Morgan fingerprint density at radius 1 is 1.52 bits per heavy atom. The van der Waals surface area contributed by atoms with Gasteiger partial charge in [0.25, 0.3) is 5.56 Å². The van der Waals surface area contributed by atoms with Crippen LogP contribution in [0.4, 0.5) is 0 Å². The van der Waals surface area contributed by atoms with Crippen molar-refractivity contribution in [1.29, 1.82) is 0 Å². The molecule has 7 heteroatoms. The van der Waals surface area contributed by atoms with Gasteiger partial charge in [-0.15, -0.1) is 0 Å². The van der Waals surface area contributed by atoms with E-state index in [0.717, 1.165) is 36.6 Å². The molecular weight excluding hydrogens is 286 g/mol. The fraction of sp³-hybridized carbons (Fsp3) is 0.643. The van der Waals surface area contributed by atoms with Gasteiger partial charge in [-0.25, -0.2) is 4.98 Å². The van der Waals surface area contributed by atoms with Crippen molar-refractivity contribution >= 4 is 16.3 Å². The Labute approximate surface area is 127 Å². The molecule has 0 spiro atoms. The van der Waals surface area contributed by atoms with Crippen LogP contribution in [-0.2, 0) is 13.0 Å². The summed E-state index contributed by atoms with van der Waals surface area (Å²) in [6.45, 7) is 6.67. The number of hydrogen-bond acceptors (Lipinski definition) is 6. The number of hydrogen-bond donors (Lipinski definition) is 1. The molecule has 21 heavy (non-hydrogen) atoms. The summed E-state index contributed by atoms with van der Waals surface area (Å²) >= 11 is 1.49. The zero-order chi connectivity index (χ0) is 15.0. The molecule has 3 heterocycles. The molecule has 1 aliphatic heterocycles. The molecule has 1 fully saturated rings. The molecule has 2 aromatic rings. The third kappa shape index (κ3) is 2.86. The van der Waals surface area contributed by atoms with Crippen molar-refractivity contribution in [1.82, 2.24) is 19.5 Å². The van der Waals surface area contributed by atoms with Gasteiger partial charge >= 0.3 is 0 Å². The van der Waals surface area contributed by atoms with Crippen LogP contribution in [0.3, 0.4) is 0 Å². The van der Waals surface area contributed by atoms with Gasteiger partial charge in [-0.05, 0) is 32.2 Å². The lowest BCUT2D eigenvalue weighted by Crippen LogP contribution is -2.29.